The third-order valence-electron chi connectivity index (χ3n) is 5.73. The highest BCUT2D eigenvalue weighted by Gasteiger charge is 2.31. The summed E-state index contributed by atoms with van der Waals surface area (Å²) in [6, 6.07) is 21.0. The van der Waals surface area contributed by atoms with Gasteiger partial charge < -0.3 is 14.8 Å². The van der Waals surface area contributed by atoms with E-state index in [0.717, 1.165) is 33.3 Å². The van der Waals surface area contributed by atoms with Crippen LogP contribution in [0.2, 0.25) is 0 Å². The lowest BCUT2D eigenvalue weighted by Crippen LogP contribution is -2.30. The molecule has 1 aliphatic rings. The summed E-state index contributed by atoms with van der Waals surface area (Å²) >= 11 is 10.2. The van der Waals surface area contributed by atoms with E-state index in [-0.39, 0.29) is 18.4 Å². The minimum atomic E-state index is -0.277. The molecule has 1 saturated heterocycles. The second-order valence-electron chi connectivity index (χ2n) is 8.50. The van der Waals surface area contributed by atoms with E-state index in [9.17, 15) is 9.59 Å². The SMILES string of the molecule is CCOc1cc(/C=C2\SC(=S)N(CCc3ccccc3)C2=O)ccc1OCC(=O)Nc1ccc(Br)cc1C. The molecule has 0 unspecified atom stereocenters. The molecule has 2 amide bonds. The second kappa shape index (κ2) is 13.1. The number of thioether (sulfide) groups is 1. The van der Waals surface area contributed by atoms with Crippen LogP contribution in [0.25, 0.3) is 6.08 Å². The number of benzene rings is 3. The molecule has 3 aromatic rings. The topological polar surface area (TPSA) is 67.9 Å². The van der Waals surface area contributed by atoms with Gasteiger partial charge in [-0.1, -0.05) is 76.3 Å². The number of carbonyl (C=O) groups is 2. The zero-order chi connectivity index (χ0) is 27.1. The molecular weight excluding hydrogens is 584 g/mol. The molecule has 0 aliphatic carbocycles. The molecular formula is C29H27BrN2O4S2. The minimum Gasteiger partial charge on any atom is -0.490 e. The average Bonchev–Trinajstić information content (AvgIpc) is 3.16. The van der Waals surface area contributed by atoms with Gasteiger partial charge in [0.15, 0.2) is 18.1 Å². The number of hydrogen-bond acceptors (Lipinski definition) is 6. The Balaban J connectivity index is 1.41. The van der Waals surface area contributed by atoms with Crippen molar-refractivity contribution in [1.29, 1.82) is 0 Å². The standard InChI is InChI=1S/C29H27BrN2O4S2/c1-3-35-25-16-21(9-12-24(25)36-18-27(33)31-23-11-10-22(30)15-19(23)2)17-26-28(34)32(29(37)38-26)14-13-20-7-5-4-6-8-20/h4-12,15-17H,3,13-14,18H2,1-2H3,(H,31,33)/b26-17-. The second-order valence-corrected chi connectivity index (χ2v) is 11.1. The Bertz CT molecular complexity index is 1380. The van der Waals surface area contributed by atoms with E-state index < -0.39 is 0 Å². The Kier molecular flexibility index (Phi) is 9.60. The molecule has 1 fully saturated rings. The fraction of sp³-hybridized carbons (Fsp3) is 0.207. The summed E-state index contributed by atoms with van der Waals surface area (Å²) in [4.78, 5) is 27.7. The molecule has 9 heteroatoms. The quantitative estimate of drug-likeness (QED) is 0.206. The van der Waals surface area contributed by atoms with Gasteiger partial charge in [0, 0.05) is 16.7 Å². The van der Waals surface area contributed by atoms with Gasteiger partial charge in [-0.3, -0.25) is 14.5 Å². The Morgan fingerprint density at radius 3 is 2.61 bits per heavy atom. The van der Waals surface area contributed by atoms with E-state index >= 15 is 0 Å². The first-order valence-electron chi connectivity index (χ1n) is 12.1. The van der Waals surface area contributed by atoms with Crippen molar-refractivity contribution in [2.24, 2.45) is 0 Å². The lowest BCUT2D eigenvalue weighted by molar-refractivity contribution is -0.122. The average molecular weight is 612 g/mol. The first-order chi connectivity index (χ1) is 18.3. The van der Waals surface area contributed by atoms with E-state index in [2.05, 4.69) is 21.2 Å². The van der Waals surface area contributed by atoms with Crippen LogP contribution in [0.4, 0.5) is 5.69 Å². The summed E-state index contributed by atoms with van der Waals surface area (Å²) in [7, 11) is 0. The van der Waals surface area contributed by atoms with Crippen LogP contribution in [0.15, 0.2) is 76.1 Å². The number of amides is 2. The van der Waals surface area contributed by atoms with E-state index in [0.29, 0.717) is 33.9 Å². The van der Waals surface area contributed by atoms with Crippen molar-refractivity contribution in [3.05, 3.63) is 92.8 Å². The van der Waals surface area contributed by atoms with Gasteiger partial charge in [-0.25, -0.2) is 0 Å². The molecule has 0 atom stereocenters. The molecule has 0 aromatic heterocycles. The van der Waals surface area contributed by atoms with Crippen LogP contribution in [-0.4, -0.2) is 40.8 Å². The van der Waals surface area contributed by atoms with Gasteiger partial charge in [-0.2, -0.15) is 0 Å². The fourth-order valence-electron chi connectivity index (χ4n) is 3.83. The Morgan fingerprint density at radius 1 is 1.08 bits per heavy atom. The summed E-state index contributed by atoms with van der Waals surface area (Å²) in [5.41, 5.74) is 3.60. The summed E-state index contributed by atoms with van der Waals surface area (Å²) in [5, 5.41) is 2.86. The van der Waals surface area contributed by atoms with Gasteiger partial charge in [0.05, 0.1) is 11.5 Å². The van der Waals surface area contributed by atoms with Crippen molar-refractivity contribution in [3.8, 4) is 11.5 Å². The number of nitrogens with zero attached hydrogens (tertiary/aromatic N) is 1. The molecule has 0 saturated carbocycles. The maximum absolute atomic E-state index is 13.0. The normalized spacial score (nSPS) is 14.2. The van der Waals surface area contributed by atoms with Gasteiger partial charge >= 0.3 is 0 Å². The first-order valence-corrected chi connectivity index (χ1v) is 14.1. The van der Waals surface area contributed by atoms with Gasteiger partial charge in [0.25, 0.3) is 11.8 Å². The van der Waals surface area contributed by atoms with Crippen LogP contribution >= 0.6 is 39.9 Å². The number of aryl methyl sites for hydroxylation is 1. The van der Waals surface area contributed by atoms with Crippen molar-refractivity contribution >= 4 is 67.8 Å². The van der Waals surface area contributed by atoms with Crippen molar-refractivity contribution in [2.75, 3.05) is 25.1 Å². The molecule has 0 spiro atoms. The van der Waals surface area contributed by atoms with E-state index in [4.69, 9.17) is 21.7 Å². The van der Waals surface area contributed by atoms with E-state index in [1.165, 1.54) is 11.8 Å². The maximum Gasteiger partial charge on any atom is 0.266 e. The van der Waals surface area contributed by atoms with Crippen molar-refractivity contribution in [3.63, 3.8) is 0 Å². The van der Waals surface area contributed by atoms with Crippen molar-refractivity contribution < 1.29 is 19.1 Å². The number of hydrogen-bond donors (Lipinski definition) is 1. The number of ether oxygens (including phenoxy) is 2. The Labute approximate surface area is 240 Å². The minimum absolute atomic E-state index is 0.103. The highest BCUT2D eigenvalue weighted by atomic mass is 79.9. The summed E-state index contributed by atoms with van der Waals surface area (Å²) < 4.78 is 13.0. The molecule has 3 aromatic carbocycles. The molecule has 6 nitrogen and oxygen atoms in total. The summed E-state index contributed by atoms with van der Waals surface area (Å²) in [5.74, 6) is 0.561. The molecule has 1 N–H and O–H groups in total. The maximum atomic E-state index is 13.0. The monoisotopic (exact) mass is 610 g/mol. The summed E-state index contributed by atoms with van der Waals surface area (Å²) in [6.45, 7) is 4.58. The first kappa shape index (κ1) is 27.9. The predicted molar refractivity (Wildman–Crippen MR) is 161 cm³/mol. The van der Waals surface area contributed by atoms with E-state index in [1.807, 2.05) is 68.4 Å². The highest BCUT2D eigenvalue weighted by molar-refractivity contribution is 9.10. The summed E-state index contributed by atoms with van der Waals surface area (Å²) in [6.07, 6.45) is 2.53. The highest BCUT2D eigenvalue weighted by Crippen LogP contribution is 2.35. The molecule has 0 radical (unpaired) electrons. The van der Waals surface area contributed by atoms with Gasteiger partial charge in [-0.15, -0.1) is 0 Å². The number of thiocarbonyl (C=S) groups is 1. The van der Waals surface area contributed by atoms with Crippen LogP contribution in [-0.2, 0) is 16.0 Å². The smallest absolute Gasteiger partial charge is 0.266 e. The van der Waals surface area contributed by atoms with Crippen LogP contribution in [0.3, 0.4) is 0 Å². The van der Waals surface area contributed by atoms with Crippen LogP contribution in [0, 0.1) is 6.92 Å². The molecule has 38 heavy (non-hydrogen) atoms. The predicted octanol–water partition coefficient (Wildman–Crippen LogP) is 6.62. The molecule has 0 bridgehead atoms. The van der Waals surface area contributed by atoms with Gasteiger partial charge in [0.2, 0.25) is 0 Å². The van der Waals surface area contributed by atoms with E-state index in [1.54, 1.807) is 23.1 Å². The number of nitrogens with one attached hydrogen (secondary N) is 1. The molecule has 1 heterocycles. The van der Waals surface area contributed by atoms with Gasteiger partial charge in [0.1, 0.15) is 4.32 Å². The number of rotatable bonds is 10. The lowest BCUT2D eigenvalue weighted by Gasteiger charge is -2.14. The molecule has 196 valence electrons. The number of halogens is 1. The number of carbonyl (C=O) groups excluding carboxylic acids is 2. The number of anilines is 1. The van der Waals surface area contributed by atoms with Gasteiger partial charge in [-0.05, 0) is 73.4 Å². The third-order valence-corrected chi connectivity index (χ3v) is 7.60. The zero-order valence-electron chi connectivity index (χ0n) is 21.0. The van der Waals surface area contributed by atoms with Crippen molar-refractivity contribution in [1.82, 2.24) is 4.90 Å². The molecule has 1 aliphatic heterocycles. The largest absolute Gasteiger partial charge is 0.490 e. The zero-order valence-corrected chi connectivity index (χ0v) is 24.3. The van der Waals surface area contributed by atoms with Crippen LogP contribution in [0.5, 0.6) is 11.5 Å². The lowest BCUT2D eigenvalue weighted by atomic mass is 10.1. The van der Waals surface area contributed by atoms with Crippen molar-refractivity contribution in [2.45, 2.75) is 20.3 Å². The fourth-order valence-corrected chi connectivity index (χ4v) is 5.61. The van der Waals surface area contributed by atoms with Crippen LogP contribution in [0.1, 0.15) is 23.6 Å². The third kappa shape index (κ3) is 7.24. The Morgan fingerprint density at radius 2 is 1.87 bits per heavy atom. The Hall–Kier alpha value is -3.14. The van der Waals surface area contributed by atoms with Crippen LogP contribution < -0.4 is 14.8 Å². The molecule has 4 rings (SSSR count).